The minimum absolute atomic E-state index is 0.0691. The number of carbonyl (C=O) groups is 2. The molecule has 0 heterocycles. The van der Waals surface area contributed by atoms with Crippen LogP contribution >= 0.6 is 0 Å². The van der Waals surface area contributed by atoms with Gasteiger partial charge in [0, 0.05) is 6.08 Å². The second-order valence-corrected chi connectivity index (χ2v) is 6.50. The molecule has 0 rings (SSSR count). The summed E-state index contributed by atoms with van der Waals surface area (Å²) in [7, 11) is -6.09. The summed E-state index contributed by atoms with van der Waals surface area (Å²) in [4.78, 5) is 22.8. The van der Waals surface area contributed by atoms with Crippen molar-refractivity contribution in [1.29, 1.82) is 0 Å². The number of rotatable bonds is 10. The van der Waals surface area contributed by atoms with Crippen LogP contribution < -0.4 is 0 Å². The van der Waals surface area contributed by atoms with Crippen LogP contribution in [-0.2, 0) is 33.9 Å². The number of ether oxygens (including phenoxy) is 3. The first-order valence-corrected chi connectivity index (χ1v) is 8.38. The van der Waals surface area contributed by atoms with Gasteiger partial charge in [0.25, 0.3) is 0 Å². The van der Waals surface area contributed by atoms with Gasteiger partial charge in [-0.25, -0.2) is 9.59 Å². The molecule has 170 valence electrons. The molecule has 0 aliphatic rings. The summed E-state index contributed by atoms with van der Waals surface area (Å²) in [5.41, 5.74) is 0. The third-order valence-corrected chi connectivity index (χ3v) is 3.71. The van der Waals surface area contributed by atoms with E-state index in [0.29, 0.717) is 0 Å². The largest absolute Gasteiger partial charge is 0.468 e. The van der Waals surface area contributed by atoms with Crippen molar-refractivity contribution in [3.63, 3.8) is 0 Å². The van der Waals surface area contributed by atoms with E-state index in [4.69, 9.17) is 4.55 Å². The van der Waals surface area contributed by atoms with Gasteiger partial charge in [0.2, 0.25) is 0 Å². The van der Waals surface area contributed by atoms with Gasteiger partial charge in [0.1, 0.15) is 6.61 Å². The molecule has 0 radical (unpaired) electrons. The SMILES string of the molecule is C=CC(=O)OC(OCCC(F)(F)S(=O)(=O)O)(C(=O)OCCC(F)(F)F)C(F)(F)F. The number of hydrogen-bond acceptors (Lipinski definition) is 7. The van der Waals surface area contributed by atoms with Crippen molar-refractivity contribution in [2.45, 2.75) is 36.2 Å². The Kier molecular flexibility index (Phi) is 8.57. The van der Waals surface area contributed by atoms with Gasteiger partial charge in [-0.15, -0.1) is 0 Å². The highest BCUT2D eigenvalue weighted by Crippen LogP contribution is 2.38. The molecule has 0 aromatic heterocycles. The summed E-state index contributed by atoms with van der Waals surface area (Å²) >= 11 is 0. The average Bonchev–Trinajstić information content (AvgIpc) is 2.49. The summed E-state index contributed by atoms with van der Waals surface area (Å²) in [6, 6.07) is 0. The van der Waals surface area contributed by atoms with E-state index in [1.54, 1.807) is 0 Å². The average molecular weight is 468 g/mol. The molecule has 17 heteroatoms. The Bertz CT molecular complexity index is 714. The van der Waals surface area contributed by atoms with E-state index in [0.717, 1.165) is 0 Å². The molecule has 1 N–H and O–H groups in total. The fraction of sp³-hybridized carbons (Fsp3) is 0.667. The Labute approximate surface area is 157 Å². The maximum Gasteiger partial charge on any atom is 0.468 e. The van der Waals surface area contributed by atoms with Gasteiger partial charge in [0.05, 0.1) is 19.4 Å². The van der Waals surface area contributed by atoms with E-state index in [2.05, 4.69) is 20.8 Å². The van der Waals surface area contributed by atoms with Gasteiger partial charge in [-0.05, 0) is 0 Å². The van der Waals surface area contributed by atoms with Gasteiger partial charge in [-0.3, -0.25) is 4.55 Å². The predicted octanol–water partition coefficient (Wildman–Crippen LogP) is 2.36. The summed E-state index contributed by atoms with van der Waals surface area (Å²) in [5.74, 6) is -9.60. The zero-order chi connectivity index (χ0) is 23.3. The first kappa shape index (κ1) is 27.0. The topological polar surface area (TPSA) is 116 Å². The molecule has 0 saturated heterocycles. The van der Waals surface area contributed by atoms with Crippen molar-refractivity contribution >= 4 is 22.1 Å². The van der Waals surface area contributed by atoms with E-state index in [9.17, 15) is 53.1 Å². The second kappa shape index (κ2) is 9.21. The van der Waals surface area contributed by atoms with Gasteiger partial charge in [-0.2, -0.15) is 43.5 Å². The second-order valence-electron chi connectivity index (χ2n) is 4.95. The predicted molar refractivity (Wildman–Crippen MR) is 73.8 cm³/mol. The van der Waals surface area contributed by atoms with Gasteiger partial charge in [0.15, 0.2) is 0 Å². The molecule has 0 aromatic rings. The Balaban J connectivity index is 5.74. The third-order valence-electron chi connectivity index (χ3n) is 2.75. The molecule has 8 nitrogen and oxygen atoms in total. The van der Waals surface area contributed by atoms with Crippen LogP contribution in [0.3, 0.4) is 0 Å². The van der Waals surface area contributed by atoms with Crippen LogP contribution in [0.4, 0.5) is 35.1 Å². The van der Waals surface area contributed by atoms with Gasteiger partial charge < -0.3 is 14.2 Å². The molecule has 0 aliphatic heterocycles. The lowest BCUT2D eigenvalue weighted by Gasteiger charge is -2.32. The zero-order valence-corrected chi connectivity index (χ0v) is 14.7. The molecule has 1 unspecified atom stereocenters. The lowest BCUT2D eigenvalue weighted by atomic mass is 10.2. The Morgan fingerprint density at radius 2 is 1.48 bits per heavy atom. The van der Waals surface area contributed by atoms with E-state index >= 15 is 0 Å². The van der Waals surface area contributed by atoms with Crippen molar-refractivity contribution in [2.24, 2.45) is 0 Å². The molecule has 0 amide bonds. The third kappa shape index (κ3) is 7.73. The first-order chi connectivity index (χ1) is 12.8. The maximum absolute atomic E-state index is 13.3. The standard InChI is InChI=1S/C12H12F8O8S/c1-2-7(21)28-11(12(18,19)20,8(22)26-5-3-9(13,14)15)27-6-4-10(16,17)29(23,24)25/h2H,1,3-6H2,(H,23,24,25). The van der Waals surface area contributed by atoms with Crippen molar-refractivity contribution in [3.05, 3.63) is 12.7 Å². The fourth-order valence-corrected chi connectivity index (χ4v) is 1.71. The Hall–Kier alpha value is -2.01. The maximum atomic E-state index is 13.3. The lowest BCUT2D eigenvalue weighted by molar-refractivity contribution is -0.355. The van der Waals surface area contributed by atoms with E-state index in [1.165, 1.54) is 0 Å². The van der Waals surface area contributed by atoms with Crippen molar-refractivity contribution in [3.8, 4) is 0 Å². The van der Waals surface area contributed by atoms with Crippen LogP contribution in [0.15, 0.2) is 12.7 Å². The Morgan fingerprint density at radius 3 is 1.86 bits per heavy atom. The number of hydrogen-bond donors (Lipinski definition) is 1. The highest BCUT2D eigenvalue weighted by molar-refractivity contribution is 7.86. The van der Waals surface area contributed by atoms with E-state index in [-0.39, 0.29) is 6.08 Å². The molecule has 0 fully saturated rings. The van der Waals surface area contributed by atoms with Crippen molar-refractivity contribution < 1.29 is 71.9 Å². The number of esters is 2. The molecule has 1 atom stereocenters. The Morgan fingerprint density at radius 1 is 0.966 bits per heavy atom. The van der Waals surface area contributed by atoms with Crippen LogP contribution in [-0.4, -0.2) is 61.5 Å². The number of alkyl halides is 8. The molecule has 29 heavy (non-hydrogen) atoms. The van der Waals surface area contributed by atoms with E-state index < -0.39 is 71.5 Å². The summed E-state index contributed by atoms with van der Waals surface area (Å²) in [6.45, 7) is -0.963. The lowest BCUT2D eigenvalue weighted by Crippen LogP contribution is -2.58. The first-order valence-electron chi connectivity index (χ1n) is 6.94. The van der Waals surface area contributed by atoms with Crippen LogP contribution in [0.1, 0.15) is 12.8 Å². The van der Waals surface area contributed by atoms with Gasteiger partial charge in [-0.1, -0.05) is 6.58 Å². The molecule has 0 spiro atoms. The van der Waals surface area contributed by atoms with Crippen LogP contribution in [0.5, 0.6) is 0 Å². The highest BCUT2D eigenvalue weighted by atomic mass is 32.2. The molecular weight excluding hydrogens is 456 g/mol. The van der Waals surface area contributed by atoms with Crippen LogP contribution in [0.2, 0.25) is 0 Å². The monoisotopic (exact) mass is 468 g/mol. The number of carbonyl (C=O) groups excluding carboxylic acids is 2. The summed E-state index contributed by atoms with van der Waals surface area (Å²) in [6.07, 6.45) is -15.0. The highest BCUT2D eigenvalue weighted by Gasteiger charge is 2.68. The summed E-state index contributed by atoms with van der Waals surface area (Å²) in [5, 5.41) is -5.03. The van der Waals surface area contributed by atoms with Gasteiger partial charge >= 0.3 is 45.5 Å². The molecule has 0 saturated carbocycles. The molecule has 0 bridgehead atoms. The number of halogens is 8. The van der Waals surface area contributed by atoms with Crippen LogP contribution in [0.25, 0.3) is 0 Å². The molecular formula is C12H12F8O8S. The van der Waals surface area contributed by atoms with Crippen molar-refractivity contribution in [1.82, 2.24) is 0 Å². The smallest absolute Gasteiger partial charge is 0.460 e. The normalized spacial score (nSPS) is 15.3. The van der Waals surface area contributed by atoms with Crippen LogP contribution in [0, 0.1) is 0 Å². The van der Waals surface area contributed by atoms with Crippen molar-refractivity contribution in [2.75, 3.05) is 13.2 Å². The molecule has 0 aliphatic carbocycles. The fourth-order valence-electron chi connectivity index (χ4n) is 1.37. The zero-order valence-electron chi connectivity index (χ0n) is 13.8. The van der Waals surface area contributed by atoms with E-state index in [1.807, 2.05) is 0 Å². The quantitative estimate of drug-likeness (QED) is 0.171. The minimum atomic E-state index is -6.09. The molecule has 0 aromatic carbocycles. The minimum Gasteiger partial charge on any atom is -0.460 e. The summed E-state index contributed by atoms with van der Waals surface area (Å²) < 4.78 is 143.